The third-order valence-electron chi connectivity index (χ3n) is 3.38. The fourth-order valence-electron chi connectivity index (χ4n) is 2.78. The summed E-state index contributed by atoms with van der Waals surface area (Å²) in [7, 11) is 0. The number of halogens is 2. The second kappa shape index (κ2) is 5.02. The van der Waals surface area contributed by atoms with Crippen LogP contribution in [0.4, 0.5) is 4.39 Å². The van der Waals surface area contributed by atoms with Crippen LogP contribution in [0.3, 0.4) is 0 Å². The van der Waals surface area contributed by atoms with Gasteiger partial charge in [-0.3, -0.25) is 0 Å². The predicted octanol–water partition coefficient (Wildman–Crippen LogP) is 4.10. The van der Waals surface area contributed by atoms with Crippen LogP contribution in [0, 0.1) is 11.2 Å². The van der Waals surface area contributed by atoms with Gasteiger partial charge in [0.05, 0.1) is 0 Å². The lowest BCUT2D eigenvalue weighted by Gasteiger charge is -2.33. The molecule has 0 amide bonds. The first-order chi connectivity index (χ1) is 8.35. The zero-order chi connectivity index (χ0) is 13.3. The fraction of sp³-hybridized carbons (Fsp3) is 0.467. The van der Waals surface area contributed by atoms with Gasteiger partial charge in [0.1, 0.15) is 5.82 Å². The Kier molecular flexibility index (Phi) is 3.79. The van der Waals surface area contributed by atoms with E-state index in [4.69, 9.17) is 17.3 Å². The van der Waals surface area contributed by atoms with Crippen molar-refractivity contribution in [3.05, 3.63) is 46.3 Å². The summed E-state index contributed by atoms with van der Waals surface area (Å²) in [6.45, 7) is 4.46. The summed E-state index contributed by atoms with van der Waals surface area (Å²) in [4.78, 5) is 0. The maximum absolute atomic E-state index is 13.0. The lowest BCUT2D eigenvalue weighted by atomic mass is 9.74. The lowest BCUT2D eigenvalue weighted by Crippen LogP contribution is -2.31. The number of hydrogen-bond donors (Lipinski definition) is 1. The van der Waals surface area contributed by atoms with Crippen LogP contribution < -0.4 is 5.73 Å². The smallest absolute Gasteiger partial charge is 0.124 e. The molecule has 0 fully saturated rings. The minimum atomic E-state index is -0.293. The molecule has 0 aromatic heterocycles. The second-order valence-electron chi connectivity index (χ2n) is 5.95. The maximum atomic E-state index is 13.0. The van der Waals surface area contributed by atoms with Gasteiger partial charge in [-0.25, -0.2) is 4.39 Å². The summed E-state index contributed by atoms with van der Waals surface area (Å²) in [5.74, 6) is -0.293. The number of benzene rings is 1. The first kappa shape index (κ1) is 13.6. The van der Waals surface area contributed by atoms with Crippen LogP contribution >= 0.6 is 11.6 Å². The predicted molar refractivity (Wildman–Crippen MR) is 74.2 cm³/mol. The van der Waals surface area contributed by atoms with Crippen LogP contribution in [-0.4, -0.2) is 6.04 Å². The average Bonchev–Trinajstić information content (AvgIpc) is 2.19. The third-order valence-corrected chi connectivity index (χ3v) is 3.73. The molecule has 0 aliphatic heterocycles. The van der Waals surface area contributed by atoms with Crippen molar-refractivity contribution in [2.24, 2.45) is 11.1 Å². The van der Waals surface area contributed by atoms with Gasteiger partial charge in [0.25, 0.3) is 0 Å². The van der Waals surface area contributed by atoms with Crippen molar-refractivity contribution in [2.75, 3.05) is 0 Å². The van der Waals surface area contributed by atoms with Crippen LogP contribution in [0.2, 0.25) is 5.02 Å². The largest absolute Gasteiger partial charge is 0.324 e. The topological polar surface area (TPSA) is 26.0 Å². The first-order valence-corrected chi connectivity index (χ1v) is 6.63. The molecular weight excluding hydrogens is 249 g/mol. The van der Waals surface area contributed by atoms with E-state index in [0.29, 0.717) is 5.02 Å². The molecular formula is C15H19ClFN. The van der Waals surface area contributed by atoms with E-state index in [9.17, 15) is 4.39 Å². The summed E-state index contributed by atoms with van der Waals surface area (Å²) in [6, 6.07) is 4.69. The van der Waals surface area contributed by atoms with Crippen molar-refractivity contribution >= 4 is 11.6 Å². The molecule has 1 aliphatic rings. The van der Waals surface area contributed by atoms with E-state index in [1.54, 1.807) is 6.07 Å². The van der Waals surface area contributed by atoms with E-state index in [0.717, 1.165) is 24.8 Å². The Labute approximate surface area is 113 Å². The summed E-state index contributed by atoms with van der Waals surface area (Å²) in [6.07, 6.45) is 4.92. The van der Waals surface area contributed by atoms with E-state index < -0.39 is 0 Å². The first-order valence-electron chi connectivity index (χ1n) is 6.25. The highest BCUT2D eigenvalue weighted by Gasteiger charge is 2.26. The lowest BCUT2D eigenvalue weighted by molar-refractivity contribution is 0.299. The summed E-state index contributed by atoms with van der Waals surface area (Å²) in [5, 5.41) is 0.493. The Bertz CT molecular complexity index is 479. The molecule has 2 N–H and O–H groups in total. The Morgan fingerprint density at radius 3 is 2.78 bits per heavy atom. The Morgan fingerprint density at radius 1 is 1.44 bits per heavy atom. The van der Waals surface area contributed by atoms with Gasteiger partial charge < -0.3 is 5.73 Å². The van der Waals surface area contributed by atoms with Crippen LogP contribution in [0.15, 0.2) is 29.8 Å². The minimum absolute atomic E-state index is 0.114. The van der Waals surface area contributed by atoms with Gasteiger partial charge in [-0.05, 0) is 42.4 Å². The molecule has 1 unspecified atom stereocenters. The molecule has 0 bridgehead atoms. The van der Waals surface area contributed by atoms with E-state index in [1.807, 2.05) is 0 Å². The van der Waals surface area contributed by atoms with Crippen molar-refractivity contribution in [2.45, 2.75) is 39.2 Å². The molecule has 1 aromatic carbocycles. The molecule has 1 nitrogen and oxygen atoms in total. The molecule has 1 aliphatic carbocycles. The SMILES string of the molecule is CC1(C)CC(Cc2ccc(F)cc2Cl)=CC(N)C1. The number of hydrogen-bond acceptors (Lipinski definition) is 1. The second-order valence-corrected chi connectivity index (χ2v) is 6.35. The molecule has 2 rings (SSSR count). The van der Waals surface area contributed by atoms with Crippen molar-refractivity contribution < 1.29 is 4.39 Å². The van der Waals surface area contributed by atoms with Crippen LogP contribution in [0.1, 0.15) is 32.3 Å². The zero-order valence-corrected chi connectivity index (χ0v) is 11.6. The molecule has 1 atom stereocenters. The minimum Gasteiger partial charge on any atom is -0.324 e. The zero-order valence-electron chi connectivity index (χ0n) is 10.8. The van der Waals surface area contributed by atoms with E-state index >= 15 is 0 Å². The van der Waals surface area contributed by atoms with Crippen molar-refractivity contribution in [3.63, 3.8) is 0 Å². The van der Waals surface area contributed by atoms with Gasteiger partial charge in [0.2, 0.25) is 0 Å². The van der Waals surface area contributed by atoms with E-state index in [1.165, 1.54) is 17.7 Å². The van der Waals surface area contributed by atoms with Gasteiger partial charge >= 0.3 is 0 Å². The molecule has 18 heavy (non-hydrogen) atoms. The number of rotatable bonds is 2. The molecule has 1 aromatic rings. The molecule has 0 radical (unpaired) electrons. The molecule has 0 saturated carbocycles. The molecule has 98 valence electrons. The van der Waals surface area contributed by atoms with Crippen molar-refractivity contribution in [3.8, 4) is 0 Å². The van der Waals surface area contributed by atoms with E-state index in [-0.39, 0.29) is 17.3 Å². The maximum Gasteiger partial charge on any atom is 0.124 e. The van der Waals surface area contributed by atoms with Gasteiger partial charge in [-0.1, -0.05) is 43.2 Å². The molecule has 3 heteroatoms. The Balaban J connectivity index is 2.18. The number of nitrogens with two attached hydrogens (primary N) is 1. The normalized spacial score (nSPS) is 22.7. The highest BCUT2D eigenvalue weighted by atomic mass is 35.5. The van der Waals surface area contributed by atoms with Crippen molar-refractivity contribution in [1.29, 1.82) is 0 Å². The Morgan fingerprint density at radius 2 is 2.17 bits per heavy atom. The molecule has 0 heterocycles. The van der Waals surface area contributed by atoms with Crippen LogP contribution in [0.25, 0.3) is 0 Å². The van der Waals surface area contributed by atoms with Crippen LogP contribution in [0.5, 0.6) is 0 Å². The summed E-state index contributed by atoms with van der Waals surface area (Å²) < 4.78 is 13.0. The quantitative estimate of drug-likeness (QED) is 0.803. The van der Waals surface area contributed by atoms with Gasteiger partial charge in [-0.2, -0.15) is 0 Å². The van der Waals surface area contributed by atoms with Gasteiger partial charge in [0, 0.05) is 11.1 Å². The fourth-order valence-corrected chi connectivity index (χ4v) is 3.01. The highest BCUT2D eigenvalue weighted by molar-refractivity contribution is 6.31. The summed E-state index contributed by atoms with van der Waals surface area (Å²) in [5.41, 5.74) is 8.54. The average molecular weight is 268 g/mol. The van der Waals surface area contributed by atoms with Crippen molar-refractivity contribution in [1.82, 2.24) is 0 Å². The van der Waals surface area contributed by atoms with E-state index in [2.05, 4.69) is 19.9 Å². The molecule has 0 saturated heterocycles. The highest BCUT2D eigenvalue weighted by Crippen LogP contribution is 2.36. The van der Waals surface area contributed by atoms with Gasteiger partial charge in [0.15, 0.2) is 0 Å². The Hall–Kier alpha value is -0.860. The summed E-state index contributed by atoms with van der Waals surface area (Å²) >= 11 is 6.06. The van der Waals surface area contributed by atoms with Gasteiger partial charge in [-0.15, -0.1) is 0 Å². The molecule has 0 spiro atoms. The monoisotopic (exact) mass is 267 g/mol. The third kappa shape index (κ3) is 3.33. The standard InChI is InChI=1S/C15H19ClFN/c1-15(2)8-10(6-13(18)9-15)5-11-3-4-12(17)7-14(11)16/h3-4,6-7,13H,5,8-9,18H2,1-2H3. The number of allylic oxidation sites excluding steroid dienone is 1. The van der Waals surface area contributed by atoms with Crippen LogP contribution in [-0.2, 0) is 6.42 Å².